The maximum atomic E-state index is 11.4. The van der Waals surface area contributed by atoms with Gasteiger partial charge >= 0.3 is 0 Å². The molecule has 0 saturated carbocycles. The number of hydrogen-bond donors (Lipinski definition) is 2. The normalized spacial score (nSPS) is 21.4. The van der Waals surface area contributed by atoms with Gasteiger partial charge in [0, 0.05) is 12.5 Å². The molecule has 1 aliphatic heterocycles. The molecule has 2 rings (SSSR count). The highest BCUT2D eigenvalue weighted by Gasteiger charge is 2.20. The summed E-state index contributed by atoms with van der Waals surface area (Å²) >= 11 is 0. The van der Waals surface area contributed by atoms with Gasteiger partial charge in [0.05, 0.1) is 12.2 Å². The van der Waals surface area contributed by atoms with Crippen molar-refractivity contribution in [3.8, 4) is 0 Å². The van der Waals surface area contributed by atoms with E-state index in [-0.39, 0.29) is 11.5 Å². The molecule has 0 amide bonds. The molecule has 0 aromatic carbocycles. The highest BCUT2D eigenvalue weighted by Crippen LogP contribution is 2.21. The Labute approximate surface area is 81.3 Å². The fourth-order valence-corrected chi connectivity index (χ4v) is 1.51. The average Bonchev–Trinajstić information content (AvgIpc) is 2.66. The third-order valence-corrected chi connectivity index (χ3v) is 2.52. The van der Waals surface area contributed by atoms with Gasteiger partial charge in [0.15, 0.2) is 0 Å². The van der Waals surface area contributed by atoms with Gasteiger partial charge in [-0.25, -0.2) is 4.98 Å². The Morgan fingerprint density at radius 3 is 3.00 bits per heavy atom. The van der Waals surface area contributed by atoms with E-state index in [1.165, 1.54) is 0 Å². The van der Waals surface area contributed by atoms with Crippen molar-refractivity contribution < 1.29 is 4.74 Å². The minimum Gasteiger partial charge on any atom is -0.383 e. The van der Waals surface area contributed by atoms with E-state index in [1.807, 2.05) is 0 Å². The van der Waals surface area contributed by atoms with Crippen LogP contribution >= 0.6 is 0 Å². The largest absolute Gasteiger partial charge is 0.383 e. The van der Waals surface area contributed by atoms with Crippen LogP contribution in [0.1, 0.15) is 23.7 Å². The molecule has 1 saturated heterocycles. The number of rotatable bonds is 1. The van der Waals surface area contributed by atoms with Gasteiger partial charge in [0.25, 0.3) is 5.56 Å². The van der Waals surface area contributed by atoms with Gasteiger partial charge in [0.1, 0.15) is 11.6 Å². The second-order valence-electron chi connectivity index (χ2n) is 3.52. The molecule has 0 spiro atoms. The van der Waals surface area contributed by atoms with Crippen LogP contribution in [0, 0.1) is 6.92 Å². The molecule has 1 fully saturated rings. The van der Waals surface area contributed by atoms with E-state index in [0.29, 0.717) is 23.8 Å². The summed E-state index contributed by atoms with van der Waals surface area (Å²) in [5.41, 5.74) is 5.94. The number of nitrogens with two attached hydrogens (primary N) is 1. The molecule has 76 valence electrons. The van der Waals surface area contributed by atoms with Crippen LogP contribution in [0.3, 0.4) is 0 Å². The Kier molecular flexibility index (Phi) is 2.25. The first-order valence-electron chi connectivity index (χ1n) is 4.62. The van der Waals surface area contributed by atoms with Crippen LogP contribution in [0.5, 0.6) is 0 Å². The summed E-state index contributed by atoms with van der Waals surface area (Å²) in [6.45, 7) is 3.00. The Balaban J connectivity index is 2.39. The number of nitrogen functional groups attached to an aromatic ring is 1. The Hall–Kier alpha value is -1.36. The van der Waals surface area contributed by atoms with Crippen LogP contribution in [0.15, 0.2) is 4.79 Å². The number of aromatic amines is 1. The summed E-state index contributed by atoms with van der Waals surface area (Å²) in [5, 5.41) is 0. The van der Waals surface area contributed by atoms with Crippen molar-refractivity contribution in [3.05, 3.63) is 21.7 Å². The molecule has 1 aromatic heterocycles. The zero-order valence-electron chi connectivity index (χ0n) is 8.04. The monoisotopic (exact) mass is 195 g/mol. The van der Waals surface area contributed by atoms with Crippen molar-refractivity contribution >= 4 is 5.82 Å². The Morgan fingerprint density at radius 2 is 2.43 bits per heavy atom. The van der Waals surface area contributed by atoms with Crippen LogP contribution in [-0.4, -0.2) is 23.2 Å². The van der Waals surface area contributed by atoms with E-state index >= 15 is 0 Å². The number of nitrogens with one attached hydrogen (secondary N) is 1. The van der Waals surface area contributed by atoms with E-state index < -0.39 is 0 Å². The van der Waals surface area contributed by atoms with Crippen LogP contribution in [0.4, 0.5) is 5.82 Å². The van der Waals surface area contributed by atoms with Gasteiger partial charge in [-0.3, -0.25) is 4.79 Å². The fraction of sp³-hybridized carbons (Fsp3) is 0.556. The highest BCUT2D eigenvalue weighted by atomic mass is 16.5. The highest BCUT2D eigenvalue weighted by molar-refractivity contribution is 5.36. The first kappa shape index (κ1) is 9.21. The average molecular weight is 195 g/mol. The van der Waals surface area contributed by atoms with Gasteiger partial charge in [-0.1, -0.05) is 0 Å². The molecule has 14 heavy (non-hydrogen) atoms. The molecule has 1 unspecified atom stereocenters. The van der Waals surface area contributed by atoms with Gasteiger partial charge in [-0.05, 0) is 13.3 Å². The molecular weight excluding hydrogens is 182 g/mol. The molecule has 5 nitrogen and oxygen atoms in total. The minimum absolute atomic E-state index is 0.153. The van der Waals surface area contributed by atoms with Crippen molar-refractivity contribution in [1.82, 2.24) is 9.97 Å². The summed E-state index contributed by atoms with van der Waals surface area (Å²) in [4.78, 5) is 18.3. The standard InChI is InChI=1S/C9H13N3O2/c1-5-7(10)11-8(12-9(5)13)6-2-3-14-4-6/h6H,2-4H2,1H3,(H3,10,11,12,13). The number of H-pyrrole nitrogens is 1. The predicted molar refractivity (Wildman–Crippen MR) is 52.2 cm³/mol. The lowest BCUT2D eigenvalue weighted by Gasteiger charge is -2.08. The molecule has 5 heteroatoms. The Bertz CT molecular complexity index is 394. The summed E-state index contributed by atoms with van der Waals surface area (Å²) in [6.07, 6.45) is 0.894. The predicted octanol–water partition coefficient (Wildman–Crippen LogP) is 0.164. The minimum atomic E-state index is -0.153. The lowest BCUT2D eigenvalue weighted by atomic mass is 10.1. The third-order valence-electron chi connectivity index (χ3n) is 2.52. The lowest BCUT2D eigenvalue weighted by Crippen LogP contribution is -2.19. The Morgan fingerprint density at radius 1 is 1.64 bits per heavy atom. The van der Waals surface area contributed by atoms with Crippen molar-refractivity contribution in [2.75, 3.05) is 18.9 Å². The second kappa shape index (κ2) is 3.42. The van der Waals surface area contributed by atoms with E-state index in [1.54, 1.807) is 6.92 Å². The third kappa shape index (κ3) is 1.50. The number of nitrogens with zero attached hydrogens (tertiary/aromatic N) is 1. The van der Waals surface area contributed by atoms with E-state index in [9.17, 15) is 4.79 Å². The first-order chi connectivity index (χ1) is 6.68. The van der Waals surface area contributed by atoms with Gasteiger partial charge in [0.2, 0.25) is 0 Å². The number of ether oxygens (including phenoxy) is 1. The molecule has 1 aromatic rings. The van der Waals surface area contributed by atoms with Crippen LogP contribution < -0.4 is 11.3 Å². The van der Waals surface area contributed by atoms with Crippen molar-refractivity contribution in [1.29, 1.82) is 0 Å². The molecule has 3 N–H and O–H groups in total. The molecule has 0 radical (unpaired) electrons. The van der Waals surface area contributed by atoms with Crippen LogP contribution in [0.2, 0.25) is 0 Å². The number of anilines is 1. The van der Waals surface area contributed by atoms with E-state index in [0.717, 1.165) is 13.0 Å². The second-order valence-corrected chi connectivity index (χ2v) is 3.52. The summed E-state index contributed by atoms with van der Waals surface area (Å²) in [7, 11) is 0. The molecule has 0 aliphatic carbocycles. The van der Waals surface area contributed by atoms with E-state index in [4.69, 9.17) is 10.5 Å². The molecule has 1 atom stereocenters. The van der Waals surface area contributed by atoms with Crippen LogP contribution in [-0.2, 0) is 4.74 Å². The maximum absolute atomic E-state index is 11.4. The summed E-state index contributed by atoms with van der Waals surface area (Å²) in [6, 6.07) is 0. The molecule has 2 heterocycles. The van der Waals surface area contributed by atoms with E-state index in [2.05, 4.69) is 9.97 Å². The van der Waals surface area contributed by atoms with Gasteiger partial charge < -0.3 is 15.5 Å². The summed E-state index contributed by atoms with van der Waals surface area (Å²) < 4.78 is 5.22. The topological polar surface area (TPSA) is 81.0 Å². The number of aromatic nitrogens is 2. The van der Waals surface area contributed by atoms with Crippen molar-refractivity contribution in [2.45, 2.75) is 19.3 Å². The summed E-state index contributed by atoms with van der Waals surface area (Å²) in [5.74, 6) is 1.15. The van der Waals surface area contributed by atoms with Crippen molar-refractivity contribution in [3.63, 3.8) is 0 Å². The molecule has 0 bridgehead atoms. The zero-order chi connectivity index (χ0) is 10.1. The fourth-order valence-electron chi connectivity index (χ4n) is 1.51. The first-order valence-corrected chi connectivity index (χ1v) is 4.62. The molecular formula is C9H13N3O2. The maximum Gasteiger partial charge on any atom is 0.255 e. The van der Waals surface area contributed by atoms with Gasteiger partial charge in [-0.2, -0.15) is 0 Å². The quantitative estimate of drug-likeness (QED) is 0.669. The SMILES string of the molecule is Cc1c(N)nc(C2CCOC2)[nH]c1=O. The lowest BCUT2D eigenvalue weighted by molar-refractivity contribution is 0.193. The molecule has 1 aliphatic rings. The van der Waals surface area contributed by atoms with Crippen LogP contribution in [0.25, 0.3) is 0 Å². The van der Waals surface area contributed by atoms with Gasteiger partial charge in [-0.15, -0.1) is 0 Å². The zero-order valence-corrected chi connectivity index (χ0v) is 8.04. The number of hydrogen-bond acceptors (Lipinski definition) is 4. The van der Waals surface area contributed by atoms with Crippen molar-refractivity contribution in [2.24, 2.45) is 0 Å². The smallest absolute Gasteiger partial charge is 0.255 e.